The SMILES string of the molecule is O=C(Nc1ccc(N2CCCC2)cc1)c1cc(Nc2ccc(F)cc2)ncn1. The van der Waals surface area contributed by atoms with Crippen LogP contribution in [0.1, 0.15) is 23.3 Å². The van der Waals surface area contributed by atoms with Crippen LogP contribution in [0.25, 0.3) is 0 Å². The minimum absolute atomic E-state index is 0.239. The van der Waals surface area contributed by atoms with Gasteiger partial charge >= 0.3 is 0 Å². The maximum absolute atomic E-state index is 13.0. The second-order valence-electron chi connectivity index (χ2n) is 6.62. The highest BCUT2D eigenvalue weighted by molar-refractivity contribution is 6.03. The minimum atomic E-state index is -0.321. The molecule has 0 aliphatic carbocycles. The average molecular weight is 377 g/mol. The number of carbonyl (C=O) groups excluding carboxylic acids is 1. The lowest BCUT2D eigenvalue weighted by molar-refractivity contribution is 0.102. The first-order valence-corrected chi connectivity index (χ1v) is 9.18. The van der Waals surface area contributed by atoms with E-state index < -0.39 is 0 Å². The van der Waals surface area contributed by atoms with E-state index in [1.54, 1.807) is 18.2 Å². The summed E-state index contributed by atoms with van der Waals surface area (Å²) in [5, 5.41) is 5.88. The molecule has 1 amide bonds. The van der Waals surface area contributed by atoms with Gasteiger partial charge in [-0.3, -0.25) is 4.79 Å². The van der Waals surface area contributed by atoms with Crippen LogP contribution in [0.15, 0.2) is 60.9 Å². The van der Waals surface area contributed by atoms with Crippen LogP contribution in [0, 0.1) is 5.82 Å². The molecule has 2 N–H and O–H groups in total. The molecule has 2 heterocycles. The van der Waals surface area contributed by atoms with Gasteiger partial charge in [0.1, 0.15) is 23.7 Å². The Morgan fingerprint density at radius 2 is 1.61 bits per heavy atom. The Hall–Kier alpha value is -3.48. The van der Waals surface area contributed by atoms with Crippen molar-refractivity contribution in [3.05, 3.63) is 72.4 Å². The molecule has 2 aromatic carbocycles. The highest BCUT2D eigenvalue weighted by atomic mass is 19.1. The van der Waals surface area contributed by atoms with Gasteiger partial charge in [-0.25, -0.2) is 14.4 Å². The number of carbonyl (C=O) groups is 1. The zero-order chi connectivity index (χ0) is 19.3. The van der Waals surface area contributed by atoms with Crippen LogP contribution in [-0.4, -0.2) is 29.0 Å². The fraction of sp³-hybridized carbons (Fsp3) is 0.190. The molecule has 1 aromatic heterocycles. The molecule has 0 saturated carbocycles. The summed E-state index contributed by atoms with van der Waals surface area (Å²) in [6, 6.07) is 15.3. The van der Waals surface area contributed by atoms with Crippen molar-refractivity contribution in [1.82, 2.24) is 9.97 Å². The number of rotatable bonds is 5. The largest absolute Gasteiger partial charge is 0.372 e. The Labute approximate surface area is 162 Å². The first-order valence-electron chi connectivity index (χ1n) is 9.18. The van der Waals surface area contributed by atoms with E-state index in [0.29, 0.717) is 17.2 Å². The Morgan fingerprint density at radius 1 is 0.929 bits per heavy atom. The van der Waals surface area contributed by atoms with Gasteiger partial charge in [0.15, 0.2) is 0 Å². The Morgan fingerprint density at radius 3 is 2.32 bits per heavy atom. The molecule has 0 bridgehead atoms. The standard InChI is InChI=1S/C21H20FN5O/c22-15-3-5-16(6-4-15)25-20-13-19(23-14-24-20)21(28)26-17-7-9-18(10-8-17)27-11-1-2-12-27/h3-10,13-14H,1-2,11-12H2,(H,26,28)(H,23,24,25). The zero-order valence-electron chi connectivity index (χ0n) is 15.2. The smallest absolute Gasteiger partial charge is 0.274 e. The normalized spacial score (nSPS) is 13.4. The Bertz CT molecular complexity index is 953. The van der Waals surface area contributed by atoms with Crippen molar-refractivity contribution in [3.8, 4) is 0 Å². The van der Waals surface area contributed by atoms with Crippen LogP contribution < -0.4 is 15.5 Å². The van der Waals surface area contributed by atoms with E-state index in [1.807, 2.05) is 24.3 Å². The van der Waals surface area contributed by atoms with Crippen molar-refractivity contribution in [1.29, 1.82) is 0 Å². The lowest BCUT2D eigenvalue weighted by Crippen LogP contribution is -2.18. The summed E-state index contributed by atoms with van der Waals surface area (Å²) >= 11 is 0. The van der Waals surface area contributed by atoms with Gasteiger partial charge in [0.05, 0.1) is 0 Å². The van der Waals surface area contributed by atoms with Crippen LogP contribution >= 0.6 is 0 Å². The number of anilines is 4. The second kappa shape index (κ2) is 8.04. The summed E-state index contributed by atoms with van der Waals surface area (Å²) in [4.78, 5) is 23.0. The van der Waals surface area contributed by atoms with Gasteiger partial charge in [-0.15, -0.1) is 0 Å². The van der Waals surface area contributed by atoms with Crippen LogP contribution in [0.5, 0.6) is 0 Å². The zero-order valence-corrected chi connectivity index (χ0v) is 15.2. The lowest BCUT2D eigenvalue weighted by atomic mass is 10.2. The highest BCUT2D eigenvalue weighted by Gasteiger charge is 2.13. The van der Waals surface area contributed by atoms with Crippen molar-refractivity contribution in [2.24, 2.45) is 0 Å². The predicted octanol–water partition coefficient (Wildman–Crippen LogP) is 4.21. The molecule has 1 saturated heterocycles. The van der Waals surface area contributed by atoms with Gasteiger partial charge in [0.25, 0.3) is 5.91 Å². The number of aromatic nitrogens is 2. The maximum Gasteiger partial charge on any atom is 0.274 e. The molecule has 3 aromatic rings. The third kappa shape index (κ3) is 4.25. The minimum Gasteiger partial charge on any atom is -0.372 e. The summed E-state index contributed by atoms with van der Waals surface area (Å²) in [5.41, 5.74) is 2.79. The Balaban J connectivity index is 1.42. The molecule has 4 rings (SSSR count). The van der Waals surface area contributed by atoms with E-state index in [2.05, 4.69) is 25.5 Å². The number of halogens is 1. The summed E-state index contributed by atoms with van der Waals surface area (Å²) in [5.74, 6) is -0.182. The maximum atomic E-state index is 13.0. The number of nitrogens with one attached hydrogen (secondary N) is 2. The van der Waals surface area contributed by atoms with Crippen molar-refractivity contribution in [3.63, 3.8) is 0 Å². The van der Waals surface area contributed by atoms with Gasteiger partial charge < -0.3 is 15.5 Å². The lowest BCUT2D eigenvalue weighted by Gasteiger charge is -2.17. The van der Waals surface area contributed by atoms with E-state index in [9.17, 15) is 9.18 Å². The quantitative estimate of drug-likeness (QED) is 0.697. The molecular weight excluding hydrogens is 357 g/mol. The molecule has 0 atom stereocenters. The number of hydrogen-bond acceptors (Lipinski definition) is 5. The topological polar surface area (TPSA) is 70.2 Å². The summed E-state index contributed by atoms with van der Waals surface area (Å²) in [6.45, 7) is 2.16. The third-order valence-corrected chi connectivity index (χ3v) is 4.61. The summed E-state index contributed by atoms with van der Waals surface area (Å²) < 4.78 is 13.0. The number of amides is 1. The molecule has 0 radical (unpaired) electrons. The van der Waals surface area contributed by atoms with E-state index in [0.717, 1.165) is 13.1 Å². The van der Waals surface area contributed by atoms with Crippen LogP contribution in [-0.2, 0) is 0 Å². The number of hydrogen-bond donors (Lipinski definition) is 2. The Kier molecular flexibility index (Phi) is 5.14. The van der Waals surface area contributed by atoms with Gasteiger partial charge in [-0.2, -0.15) is 0 Å². The molecule has 142 valence electrons. The van der Waals surface area contributed by atoms with Crippen LogP contribution in [0.4, 0.5) is 27.3 Å². The van der Waals surface area contributed by atoms with E-state index in [-0.39, 0.29) is 17.4 Å². The molecule has 0 unspecified atom stereocenters. The molecule has 1 fully saturated rings. The highest BCUT2D eigenvalue weighted by Crippen LogP contribution is 2.22. The molecule has 7 heteroatoms. The van der Waals surface area contributed by atoms with Gasteiger partial charge in [0, 0.05) is 36.2 Å². The van der Waals surface area contributed by atoms with Crippen LogP contribution in [0.3, 0.4) is 0 Å². The summed E-state index contributed by atoms with van der Waals surface area (Å²) in [6.07, 6.45) is 3.76. The monoisotopic (exact) mass is 377 g/mol. The number of benzene rings is 2. The molecular formula is C21H20FN5O. The second-order valence-corrected chi connectivity index (χ2v) is 6.62. The first-order chi connectivity index (χ1) is 13.7. The van der Waals surface area contributed by atoms with Crippen molar-refractivity contribution in [2.75, 3.05) is 28.6 Å². The molecule has 0 spiro atoms. The van der Waals surface area contributed by atoms with Crippen LogP contribution in [0.2, 0.25) is 0 Å². The average Bonchev–Trinajstić information content (AvgIpc) is 3.25. The third-order valence-electron chi connectivity index (χ3n) is 4.61. The first kappa shape index (κ1) is 17.9. The molecule has 1 aliphatic heterocycles. The van der Waals surface area contributed by atoms with Crippen molar-refractivity contribution in [2.45, 2.75) is 12.8 Å². The molecule has 28 heavy (non-hydrogen) atoms. The van der Waals surface area contributed by atoms with Crippen molar-refractivity contribution < 1.29 is 9.18 Å². The fourth-order valence-electron chi connectivity index (χ4n) is 3.16. The van der Waals surface area contributed by atoms with Crippen molar-refractivity contribution >= 4 is 28.8 Å². The summed E-state index contributed by atoms with van der Waals surface area (Å²) in [7, 11) is 0. The predicted molar refractivity (Wildman–Crippen MR) is 108 cm³/mol. The van der Waals surface area contributed by atoms with Gasteiger partial charge in [0.2, 0.25) is 0 Å². The molecule has 6 nitrogen and oxygen atoms in total. The van der Waals surface area contributed by atoms with E-state index in [1.165, 1.54) is 37.0 Å². The van der Waals surface area contributed by atoms with E-state index in [4.69, 9.17) is 0 Å². The fourth-order valence-corrected chi connectivity index (χ4v) is 3.16. The molecule has 1 aliphatic rings. The van der Waals surface area contributed by atoms with Gasteiger partial charge in [-0.1, -0.05) is 0 Å². The van der Waals surface area contributed by atoms with Gasteiger partial charge in [-0.05, 0) is 61.4 Å². The van der Waals surface area contributed by atoms with E-state index >= 15 is 0 Å². The number of nitrogens with zero attached hydrogens (tertiary/aromatic N) is 3.